The van der Waals surface area contributed by atoms with E-state index in [1.807, 2.05) is 0 Å². The van der Waals surface area contributed by atoms with Gasteiger partial charge in [-0.25, -0.2) is 0 Å². The Labute approximate surface area is 72.8 Å². The lowest BCUT2D eigenvalue weighted by Crippen LogP contribution is -2.26. The molecule has 0 aromatic heterocycles. The Morgan fingerprint density at radius 1 is 1.46 bits per heavy atom. The molecule has 0 spiro atoms. The van der Waals surface area contributed by atoms with Gasteiger partial charge in [0.25, 0.3) is 0 Å². The molecular formula is C8H5F2O3. The second kappa shape index (κ2) is 2.48. The maximum absolute atomic E-state index is 12.5. The molecule has 0 bridgehead atoms. The van der Waals surface area contributed by atoms with Crippen LogP contribution in [0.25, 0.3) is 0 Å². The molecule has 1 aromatic carbocycles. The second-order valence-corrected chi connectivity index (χ2v) is 2.37. The fraction of sp³-hybridized carbons (Fsp3) is 0.250. The van der Waals surface area contributed by atoms with Gasteiger partial charge < -0.3 is 14.2 Å². The van der Waals surface area contributed by atoms with Crippen LogP contribution in [0, 0.1) is 6.07 Å². The summed E-state index contributed by atoms with van der Waals surface area (Å²) in [5.41, 5.74) is 0. The highest BCUT2D eigenvalue weighted by Crippen LogP contribution is 2.46. The molecule has 2 rings (SSSR count). The van der Waals surface area contributed by atoms with Gasteiger partial charge in [0, 0.05) is 6.07 Å². The summed E-state index contributed by atoms with van der Waals surface area (Å²) in [4.78, 5) is 0. The lowest BCUT2D eigenvalue weighted by atomic mass is 10.3. The van der Waals surface area contributed by atoms with Crippen LogP contribution in [0.3, 0.4) is 0 Å². The summed E-state index contributed by atoms with van der Waals surface area (Å²) < 4.78 is 38.2. The van der Waals surface area contributed by atoms with Crippen molar-refractivity contribution in [2.24, 2.45) is 0 Å². The van der Waals surface area contributed by atoms with E-state index < -0.39 is 6.29 Å². The van der Waals surface area contributed by atoms with Gasteiger partial charge in [-0.15, -0.1) is 8.78 Å². The molecule has 0 saturated carbocycles. The molecule has 1 aliphatic heterocycles. The van der Waals surface area contributed by atoms with Crippen molar-refractivity contribution < 1.29 is 23.0 Å². The first-order chi connectivity index (χ1) is 6.12. The zero-order chi connectivity index (χ0) is 9.47. The third-order valence-corrected chi connectivity index (χ3v) is 1.53. The van der Waals surface area contributed by atoms with Gasteiger partial charge in [0.15, 0.2) is 11.5 Å². The van der Waals surface area contributed by atoms with Crippen molar-refractivity contribution in [3.63, 3.8) is 0 Å². The first-order valence-corrected chi connectivity index (χ1v) is 3.47. The number of ether oxygens (including phenoxy) is 3. The molecule has 1 aliphatic rings. The number of rotatable bonds is 1. The van der Waals surface area contributed by atoms with E-state index in [2.05, 4.69) is 15.5 Å². The number of alkyl halides is 2. The van der Waals surface area contributed by atoms with E-state index in [0.717, 1.165) is 0 Å². The molecule has 1 heterocycles. The van der Waals surface area contributed by atoms with Crippen LogP contribution in [-0.4, -0.2) is 13.4 Å². The molecular weight excluding hydrogens is 182 g/mol. The molecule has 69 valence electrons. The van der Waals surface area contributed by atoms with Crippen molar-refractivity contribution in [2.75, 3.05) is 7.11 Å². The predicted molar refractivity (Wildman–Crippen MR) is 38.0 cm³/mol. The van der Waals surface area contributed by atoms with Gasteiger partial charge in [0.1, 0.15) is 0 Å². The minimum Gasteiger partial charge on any atom is -0.492 e. The number of fused-ring (bicyclic) bond motifs is 1. The Hall–Kier alpha value is -1.52. The maximum atomic E-state index is 12.5. The summed E-state index contributed by atoms with van der Waals surface area (Å²) in [5, 5.41) is 0. The molecule has 0 unspecified atom stereocenters. The van der Waals surface area contributed by atoms with Crippen molar-refractivity contribution in [1.29, 1.82) is 0 Å². The summed E-state index contributed by atoms with van der Waals surface area (Å²) in [6.45, 7) is 0. The van der Waals surface area contributed by atoms with Crippen molar-refractivity contribution in [1.82, 2.24) is 0 Å². The SMILES string of the molecule is COc1[c]ccc2c1OC(F)(F)O2. The van der Waals surface area contributed by atoms with Crippen molar-refractivity contribution in [3.05, 3.63) is 18.2 Å². The standard InChI is InChI=1S/C8H5F2O3/c1-11-5-3-2-4-6-7(5)13-8(9,10)12-6/h2,4H,1H3. The number of benzene rings is 1. The lowest BCUT2D eigenvalue weighted by molar-refractivity contribution is -0.287. The van der Waals surface area contributed by atoms with Gasteiger partial charge in [-0.3, -0.25) is 0 Å². The second-order valence-electron chi connectivity index (χ2n) is 2.37. The highest BCUT2D eigenvalue weighted by Gasteiger charge is 2.44. The summed E-state index contributed by atoms with van der Waals surface area (Å²) in [6.07, 6.45) is -3.61. The maximum Gasteiger partial charge on any atom is 0.586 e. The molecule has 0 aliphatic carbocycles. The average molecular weight is 187 g/mol. The Morgan fingerprint density at radius 3 is 2.92 bits per heavy atom. The zero-order valence-electron chi connectivity index (χ0n) is 6.64. The zero-order valence-corrected chi connectivity index (χ0v) is 6.64. The molecule has 5 heteroatoms. The van der Waals surface area contributed by atoms with Crippen LogP contribution >= 0.6 is 0 Å². The molecule has 0 N–H and O–H groups in total. The minimum atomic E-state index is -3.61. The number of methoxy groups -OCH3 is 1. The summed E-state index contributed by atoms with van der Waals surface area (Å²) in [5.74, 6) is -0.0507. The summed E-state index contributed by atoms with van der Waals surface area (Å²) >= 11 is 0. The van der Waals surface area contributed by atoms with Gasteiger partial charge in [0.2, 0.25) is 5.75 Å². The van der Waals surface area contributed by atoms with Gasteiger partial charge >= 0.3 is 6.29 Å². The molecule has 0 atom stereocenters. The third kappa shape index (κ3) is 1.26. The van der Waals surface area contributed by atoms with Gasteiger partial charge in [-0.1, -0.05) is 0 Å². The van der Waals surface area contributed by atoms with Crippen molar-refractivity contribution in [3.8, 4) is 17.2 Å². The van der Waals surface area contributed by atoms with E-state index in [1.54, 1.807) is 0 Å². The van der Waals surface area contributed by atoms with Crippen LogP contribution in [0.2, 0.25) is 0 Å². The minimum absolute atomic E-state index is 0.0411. The quantitative estimate of drug-likeness (QED) is 0.671. The third-order valence-electron chi connectivity index (χ3n) is 1.53. The van der Waals surface area contributed by atoms with Crippen LogP contribution in [0.1, 0.15) is 0 Å². The predicted octanol–water partition coefficient (Wildman–Crippen LogP) is 1.82. The van der Waals surface area contributed by atoms with E-state index >= 15 is 0 Å². The number of hydrogen-bond acceptors (Lipinski definition) is 3. The van der Waals surface area contributed by atoms with Crippen LogP contribution < -0.4 is 14.2 Å². The van der Waals surface area contributed by atoms with Crippen molar-refractivity contribution in [2.45, 2.75) is 6.29 Å². The monoisotopic (exact) mass is 187 g/mol. The van der Waals surface area contributed by atoms with E-state index in [0.29, 0.717) is 0 Å². The van der Waals surface area contributed by atoms with Crippen LogP contribution in [0.15, 0.2) is 12.1 Å². The largest absolute Gasteiger partial charge is 0.586 e. The molecule has 1 radical (unpaired) electrons. The normalized spacial score (nSPS) is 17.2. The fourth-order valence-electron chi connectivity index (χ4n) is 1.04. The first-order valence-electron chi connectivity index (χ1n) is 3.47. The van der Waals surface area contributed by atoms with Gasteiger partial charge in [-0.2, -0.15) is 0 Å². The molecule has 0 fully saturated rings. The Balaban J connectivity index is 2.45. The van der Waals surface area contributed by atoms with Gasteiger partial charge in [0.05, 0.1) is 7.11 Å². The highest BCUT2D eigenvalue weighted by molar-refractivity contribution is 5.52. The molecule has 13 heavy (non-hydrogen) atoms. The lowest BCUT2D eigenvalue weighted by Gasteiger charge is -2.05. The van der Waals surface area contributed by atoms with Crippen LogP contribution in [0.5, 0.6) is 17.2 Å². The fourth-order valence-corrected chi connectivity index (χ4v) is 1.04. The van der Waals surface area contributed by atoms with E-state index in [4.69, 9.17) is 4.74 Å². The first kappa shape index (κ1) is 8.10. The van der Waals surface area contributed by atoms with Crippen LogP contribution in [0.4, 0.5) is 8.78 Å². The molecule has 0 amide bonds. The summed E-state index contributed by atoms with van der Waals surface area (Å²) in [7, 11) is 1.34. The number of hydrogen-bond donors (Lipinski definition) is 0. The van der Waals surface area contributed by atoms with E-state index in [-0.39, 0.29) is 17.2 Å². The smallest absolute Gasteiger partial charge is 0.492 e. The molecule has 1 aromatic rings. The topological polar surface area (TPSA) is 27.7 Å². The number of halogens is 2. The van der Waals surface area contributed by atoms with E-state index in [1.165, 1.54) is 19.2 Å². The Kier molecular flexibility index (Phi) is 1.55. The van der Waals surface area contributed by atoms with Crippen molar-refractivity contribution >= 4 is 0 Å². The van der Waals surface area contributed by atoms with Crippen LogP contribution in [-0.2, 0) is 0 Å². The Bertz CT molecular complexity index is 338. The van der Waals surface area contributed by atoms with Gasteiger partial charge in [-0.05, 0) is 12.1 Å². The molecule has 3 nitrogen and oxygen atoms in total. The average Bonchev–Trinajstić information content (AvgIpc) is 2.37. The molecule has 0 saturated heterocycles. The summed E-state index contributed by atoms with van der Waals surface area (Å²) in [6, 6.07) is 5.35. The highest BCUT2D eigenvalue weighted by atomic mass is 19.3. The Morgan fingerprint density at radius 2 is 2.23 bits per heavy atom. The van der Waals surface area contributed by atoms with E-state index in [9.17, 15) is 8.78 Å².